The van der Waals surface area contributed by atoms with E-state index >= 15 is 0 Å². The van der Waals surface area contributed by atoms with E-state index in [2.05, 4.69) is 15.3 Å². The van der Waals surface area contributed by atoms with Gasteiger partial charge in [-0.3, -0.25) is 19.5 Å². The molecule has 0 saturated carbocycles. The van der Waals surface area contributed by atoms with Gasteiger partial charge in [0.25, 0.3) is 11.5 Å². The highest BCUT2D eigenvalue weighted by Crippen LogP contribution is 2.31. The van der Waals surface area contributed by atoms with Gasteiger partial charge in [0.2, 0.25) is 0 Å². The molecular formula is C20H15ClN4O2S2. The fourth-order valence-electron chi connectivity index (χ4n) is 2.94. The lowest BCUT2D eigenvalue weighted by Crippen LogP contribution is -2.19. The third-order valence-corrected chi connectivity index (χ3v) is 6.01. The summed E-state index contributed by atoms with van der Waals surface area (Å²) in [4.78, 5) is 33.5. The average molecular weight is 443 g/mol. The van der Waals surface area contributed by atoms with Crippen molar-refractivity contribution in [1.82, 2.24) is 14.5 Å². The van der Waals surface area contributed by atoms with Crippen molar-refractivity contribution in [2.75, 3.05) is 5.32 Å². The predicted octanol–water partition coefficient (Wildman–Crippen LogP) is 4.93. The van der Waals surface area contributed by atoms with Gasteiger partial charge in [0.1, 0.15) is 0 Å². The van der Waals surface area contributed by atoms with E-state index in [-0.39, 0.29) is 11.5 Å². The van der Waals surface area contributed by atoms with Gasteiger partial charge < -0.3 is 4.98 Å². The van der Waals surface area contributed by atoms with Gasteiger partial charge in [0.15, 0.2) is 9.90 Å². The lowest BCUT2D eigenvalue weighted by molar-refractivity contribution is 0.102. The summed E-state index contributed by atoms with van der Waals surface area (Å²) in [7, 11) is 1.60. The van der Waals surface area contributed by atoms with Crippen LogP contribution in [0, 0.1) is 11.7 Å². The van der Waals surface area contributed by atoms with E-state index in [0.717, 1.165) is 16.1 Å². The molecule has 0 aliphatic carbocycles. The largest absolute Gasteiger partial charge is 0.332 e. The Labute approximate surface area is 179 Å². The molecule has 4 aromatic rings. The minimum atomic E-state index is -0.316. The number of carbonyl (C=O) groups is 1. The lowest BCUT2D eigenvalue weighted by atomic mass is 10.1. The number of hydrogen-bond donors (Lipinski definition) is 2. The number of thiazole rings is 1. The van der Waals surface area contributed by atoms with Crippen LogP contribution < -0.4 is 10.9 Å². The number of benzene rings is 2. The summed E-state index contributed by atoms with van der Waals surface area (Å²) in [5.41, 5.74) is 2.44. The number of aryl methyl sites for hydroxylation is 1. The summed E-state index contributed by atoms with van der Waals surface area (Å²) in [6.07, 6.45) is 0. The number of aromatic amines is 1. The van der Waals surface area contributed by atoms with Crippen molar-refractivity contribution in [3.63, 3.8) is 0 Å². The van der Waals surface area contributed by atoms with Crippen LogP contribution in [0.3, 0.4) is 0 Å². The highest BCUT2D eigenvalue weighted by Gasteiger charge is 2.14. The first kappa shape index (κ1) is 19.5. The fourth-order valence-corrected chi connectivity index (χ4v) is 4.09. The van der Waals surface area contributed by atoms with Gasteiger partial charge in [0, 0.05) is 28.1 Å². The number of anilines is 1. The molecule has 146 valence electrons. The minimum Gasteiger partial charge on any atom is -0.332 e. The lowest BCUT2D eigenvalue weighted by Gasteiger charge is -2.05. The molecular weight excluding hydrogens is 428 g/mol. The Balaban J connectivity index is 1.64. The van der Waals surface area contributed by atoms with E-state index in [9.17, 15) is 9.59 Å². The highest BCUT2D eigenvalue weighted by molar-refractivity contribution is 7.71. The van der Waals surface area contributed by atoms with Gasteiger partial charge in [-0.25, -0.2) is 4.98 Å². The van der Waals surface area contributed by atoms with E-state index in [0.29, 0.717) is 31.4 Å². The maximum Gasteiger partial charge on any atom is 0.261 e. The Bertz CT molecular complexity index is 1370. The van der Waals surface area contributed by atoms with Crippen LogP contribution in [0.2, 0.25) is 5.02 Å². The Morgan fingerprint density at radius 1 is 1.24 bits per heavy atom. The molecule has 4 rings (SSSR count). The molecule has 6 nitrogen and oxygen atoms in total. The first-order chi connectivity index (χ1) is 13.8. The Kier molecular flexibility index (Phi) is 5.08. The summed E-state index contributed by atoms with van der Waals surface area (Å²) in [5, 5.41) is 4.44. The first-order valence-corrected chi connectivity index (χ1v) is 10.2. The van der Waals surface area contributed by atoms with Gasteiger partial charge in [-0.15, -0.1) is 11.3 Å². The summed E-state index contributed by atoms with van der Waals surface area (Å²) in [6, 6.07) is 12.2. The zero-order valence-electron chi connectivity index (χ0n) is 15.4. The second-order valence-corrected chi connectivity index (χ2v) is 8.47. The van der Waals surface area contributed by atoms with Gasteiger partial charge >= 0.3 is 0 Å². The van der Waals surface area contributed by atoms with Crippen LogP contribution in [-0.2, 0) is 7.05 Å². The molecule has 0 fully saturated rings. The molecule has 0 aliphatic rings. The number of H-pyrrole nitrogens is 1. The third kappa shape index (κ3) is 3.74. The van der Waals surface area contributed by atoms with Gasteiger partial charge in [-0.1, -0.05) is 23.7 Å². The number of halogens is 1. The molecule has 2 heterocycles. The van der Waals surface area contributed by atoms with Crippen molar-refractivity contribution in [3.8, 4) is 11.3 Å². The molecule has 29 heavy (non-hydrogen) atoms. The number of rotatable bonds is 3. The van der Waals surface area contributed by atoms with Crippen molar-refractivity contribution in [2.24, 2.45) is 7.05 Å². The second kappa shape index (κ2) is 7.55. The molecule has 0 aliphatic heterocycles. The van der Waals surface area contributed by atoms with Crippen molar-refractivity contribution >= 4 is 57.1 Å². The number of fused-ring (bicyclic) bond motifs is 1. The van der Waals surface area contributed by atoms with E-state index in [1.165, 1.54) is 15.9 Å². The third-order valence-electron chi connectivity index (χ3n) is 4.50. The number of nitrogens with zero attached hydrogens (tertiary/aromatic N) is 2. The Morgan fingerprint density at radius 3 is 2.69 bits per heavy atom. The summed E-state index contributed by atoms with van der Waals surface area (Å²) in [6.45, 7) is 1.95. The molecule has 0 atom stereocenters. The second-order valence-electron chi connectivity index (χ2n) is 6.44. The molecule has 2 N–H and O–H groups in total. The molecule has 2 aromatic carbocycles. The fraction of sp³-hybridized carbons (Fsp3) is 0.100. The summed E-state index contributed by atoms with van der Waals surface area (Å²) < 4.78 is 1.65. The van der Waals surface area contributed by atoms with Crippen molar-refractivity contribution < 1.29 is 4.79 Å². The Morgan fingerprint density at radius 2 is 1.97 bits per heavy atom. The van der Waals surface area contributed by atoms with Crippen LogP contribution in [-0.4, -0.2) is 20.4 Å². The standard InChI is InChI=1S/C20H15ClN4O2S2/c1-10-16(11-3-6-13(21)7-4-11)23-19(29-10)24-17(26)12-5-8-14-15(9-12)22-20(28)25(2)18(14)27/h3-9H,1-2H3,(H,22,28)(H,23,24,26). The average Bonchev–Trinajstić information content (AvgIpc) is 3.06. The van der Waals surface area contributed by atoms with Crippen LogP contribution in [0.1, 0.15) is 15.2 Å². The van der Waals surface area contributed by atoms with Crippen LogP contribution in [0.15, 0.2) is 47.3 Å². The minimum absolute atomic E-state index is 0.209. The van der Waals surface area contributed by atoms with Gasteiger partial charge in [-0.2, -0.15) is 0 Å². The molecule has 1 amide bonds. The molecule has 2 aromatic heterocycles. The quantitative estimate of drug-likeness (QED) is 0.441. The first-order valence-electron chi connectivity index (χ1n) is 8.61. The molecule has 0 bridgehead atoms. The zero-order chi connectivity index (χ0) is 20.7. The van der Waals surface area contributed by atoms with E-state index in [4.69, 9.17) is 23.8 Å². The van der Waals surface area contributed by atoms with Gasteiger partial charge in [0.05, 0.1) is 16.6 Å². The summed E-state index contributed by atoms with van der Waals surface area (Å²) >= 11 is 12.5. The molecule has 0 radical (unpaired) electrons. The number of hydrogen-bond acceptors (Lipinski definition) is 5. The van der Waals surface area contributed by atoms with E-state index in [1.807, 2.05) is 19.1 Å². The van der Waals surface area contributed by atoms with E-state index < -0.39 is 0 Å². The van der Waals surface area contributed by atoms with Crippen LogP contribution in [0.5, 0.6) is 0 Å². The normalized spacial score (nSPS) is 11.0. The van der Waals surface area contributed by atoms with Gasteiger partial charge in [-0.05, 0) is 49.5 Å². The number of carbonyl (C=O) groups excluding carboxylic acids is 1. The topological polar surface area (TPSA) is 79.8 Å². The molecule has 0 spiro atoms. The zero-order valence-corrected chi connectivity index (χ0v) is 17.8. The van der Waals surface area contributed by atoms with Crippen molar-refractivity contribution in [3.05, 3.63) is 73.1 Å². The molecule has 0 saturated heterocycles. The van der Waals surface area contributed by atoms with E-state index in [1.54, 1.807) is 37.4 Å². The summed E-state index contributed by atoms with van der Waals surface area (Å²) in [5.74, 6) is -0.316. The van der Waals surface area contributed by atoms with Crippen LogP contribution in [0.25, 0.3) is 22.2 Å². The van der Waals surface area contributed by atoms with Crippen LogP contribution in [0.4, 0.5) is 5.13 Å². The van der Waals surface area contributed by atoms with Crippen molar-refractivity contribution in [1.29, 1.82) is 0 Å². The predicted molar refractivity (Wildman–Crippen MR) is 120 cm³/mol. The Hall–Kier alpha value is -2.81. The number of nitrogens with one attached hydrogen (secondary N) is 2. The molecule has 0 unspecified atom stereocenters. The maximum absolute atomic E-state index is 12.7. The smallest absolute Gasteiger partial charge is 0.261 e. The number of aromatic nitrogens is 3. The number of amides is 1. The van der Waals surface area contributed by atoms with Crippen LogP contribution >= 0.6 is 35.2 Å². The highest BCUT2D eigenvalue weighted by atomic mass is 35.5. The maximum atomic E-state index is 12.7. The molecule has 9 heteroatoms. The monoisotopic (exact) mass is 442 g/mol. The SMILES string of the molecule is Cc1sc(NC(=O)c2ccc3c(=O)n(C)c(=S)[nH]c3c2)nc1-c1ccc(Cl)cc1. The van der Waals surface area contributed by atoms with Crippen molar-refractivity contribution in [2.45, 2.75) is 6.92 Å².